The highest BCUT2D eigenvalue weighted by molar-refractivity contribution is 7.13. The fraction of sp³-hybridized carbons (Fsp3) is 0.0833. The van der Waals surface area contributed by atoms with Crippen LogP contribution in [0.15, 0.2) is 36.5 Å². The molecule has 0 bridgehead atoms. The van der Waals surface area contributed by atoms with E-state index in [2.05, 4.69) is 15.2 Å². The average Bonchev–Trinajstić information content (AvgIpc) is 2.86. The van der Waals surface area contributed by atoms with E-state index in [9.17, 15) is 0 Å². The zero-order valence-corrected chi connectivity index (χ0v) is 10.2. The normalized spacial score (nSPS) is 10.7. The van der Waals surface area contributed by atoms with Gasteiger partial charge in [0.1, 0.15) is 10.8 Å². The van der Waals surface area contributed by atoms with Crippen LogP contribution in [-0.4, -0.2) is 15.2 Å². The molecule has 5 nitrogen and oxygen atoms in total. The Morgan fingerprint density at radius 1 is 1.22 bits per heavy atom. The molecule has 3 aromatic rings. The minimum absolute atomic E-state index is 0.372. The van der Waals surface area contributed by atoms with Crippen LogP contribution < -0.4 is 10.5 Å². The monoisotopic (exact) mass is 258 g/mol. The van der Waals surface area contributed by atoms with Crippen molar-refractivity contribution in [2.24, 2.45) is 5.73 Å². The number of hydrogen-bond acceptors (Lipinski definition) is 6. The maximum atomic E-state index is 5.60. The van der Waals surface area contributed by atoms with Crippen LogP contribution >= 0.6 is 11.3 Å². The zero-order valence-electron chi connectivity index (χ0n) is 9.41. The topological polar surface area (TPSA) is 73.9 Å². The summed E-state index contributed by atoms with van der Waals surface area (Å²) >= 11 is 1.34. The molecule has 3 rings (SSSR count). The van der Waals surface area contributed by atoms with E-state index < -0.39 is 0 Å². The first kappa shape index (κ1) is 11.1. The fourth-order valence-corrected chi connectivity index (χ4v) is 2.16. The molecule has 0 radical (unpaired) electrons. The second kappa shape index (κ2) is 4.67. The van der Waals surface area contributed by atoms with Crippen molar-refractivity contribution in [3.63, 3.8) is 0 Å². The van der Waals surface area contributed by atoms with Crippen LogP contribution in [0.2, 0.25) is 0 Å². The standard InChI is InChI=1S/C12H10N4OS/c13-6-11-15-16-12(18-11)17-9-5-8-3-1-2-4-10(8)14-7-9/h1-5,7H,6,13H2. The van der Waals surface area contributed by atoms with Gasteiger partial charge in [-0.3, -0.25) is 4.98 Å². The molecule has 0 amide bonds. The van der Waals surface area contributed by atoms with E-state index in [0.29, 0.717) is 17.5 Å². The first-order valence-electron chi connectivity index (χ1n) is 5.40. The van der Waals surface area contributed by atoms with E-state index in [1.54, 1.807) is 6.20 Å². The summed E-state index contributed by atoms with van der Waals surface area (Å²) in [6, 6.07) is 9.78. The van der Waals surface area contributed by atoms with Crippen LogP contribution in [0, 0.1) is 0 Å². The molecule has 0 atom stereocenters. The van der Waals surface area contributed by atoms with Crippen molar-refractivity contribution in [3.8, 4) is 10.9 Å². The molecule has 0 aliphatic carbocycles. The number of nitrogens with zero attached hydrogens (tertiary/aromatic N) is 3. The highest BCUT2D eigenvalue weighted by Crippen LogP contribution is 2.26. The third kappa shape index (κ3) is 2.15. The Morgan fingerprint density at radius 3 is 2.94 bits per heavy atom. The second-order valence-corrected chi connectivity index (χ2v) is 4.66. The van der Waals surface area contributed by atoms with Gasteiger partial charge in [0.2, 0.25) is 0 Å². The molecule has 0 aliphatic heterocycles. The predicted octanol–water partition coefficient (Wildman–Crippen LogP) is 2.34. The van der Waals surface area contributed by atoms with Gasteiger partial charge in [-0.1, -0.05) is 34.6 Å². The lowest BCUT2D eigenvalue weighted by atomic mass is 10.2. The van der Waals surface area contributed by atoms with Gasteiger partial charge in [-0.2, -0.15) is 0 Å². The fourth-order valence-electron chi connectivity index (χ4n) is 1.57. The Bertz CT molecular complexity index is 682. The number of aromatic nitrogens is 3. The lowest BCUT2D eigenvalue weighted by molar-refractivity contribution is 0.472. The van der Waals surface area contributed by atoms with Crippen LogP contribution in [0.25, 0.3) is 10.9 Å². The molecule has 0 saturated carbocycles. The third-order valence-corrected chi connectivity index (χ3v) is 3.22. The number of hydrogen-bond donors (Lipinski definition) is 1. The zero-order chi connectivity index (χ0) is 12.4. The molecule has 0 spiro atoms. The summed E-state index contributed by atoms with van der Waals surface area (Å²) in [6.45, 7) is 0.372. The minimum Gasteiger partial charge on any atom is -0.428 e. The first-order valence-corrected chi connectivity index (χ1v) is 6.22. The molecule has 6 heteroatoms. The summed E-state index contributed by atoms with van der Waals surface area (Å²) in [6.07, 6.45) is 1.67. The Labute approximate surface area is 107 Å². The van der Waals surface area contributed by atoms with Gasteiger partial charge in [0.25, 0.3) is 5.19 Å². The van der Waals surface area contributed by atoms with Crippen LogP contribution in [0.5, 0.6) is 10.9 Å². The van der Waals surface area contributed by atoms with E-state index in [1.165, 1.54) is 11.3 Å². The Morgan fingerprint density at radius 2 is 2.11 bits per heavy atom. The molecule has 0 unspecified atom stereocenters. The van der Waals surface area contributed by atoms with Gasteiger partial charge >= 0.3 is 0 Å². The summed E-state index contributed by atoms with van der Waals surface area (Å²) in [5.74, 6) is 0.647. The van der Waals surface area contributed by atoms with Gasteiger partial charge < -0.3 is 10.5 Å². The number of pyridine rings is 1. The summed E-state index contributed by atoms with van der Waals surface area (Å²) < 4.78 is 5.60. The van der Waals surface area contributed by atoms with Crippen molar-refractivity contribution in [1.29, 1.82) is 0 Å². The van der Waals surface area contributed by atoms with Crippen LogP contribution in [0.4, 0.5) is 0 Å². The maximum absolute atomic E-state index is 5.60. The van der Waals surface area contributed by atoms with E-state index in [1.807, 2.05) is 30.3 Å². The number of ether oxygens (including phenoxy) is 1. The molecule has 1 aromatic carbocycles. The molecule has 18 heavy (non-hydrogen) atoms. The number of benzene rings is 1. The summed E-state index contributed by atoms with van der Waals surface area (Å²) in [7, 11) is 0. The SMILES string of the molecule is NCc1nnc(Oc2cnc3ccccc3c2)s1. The summed E-state index contributed by atoms with van der Waals surface area (Å²) in [4.78, 5) is 4.31. The third-order valence-electron chi connectivity index (χ3n) is 2.39. The average molecular weight is 258 g/mol. The van der Waals surface area contributed by atoms with Gasteiger partial charge in [0, 0.05) is 11.9 Å². The van der Waals surface area contributed by atoms with Crippen LogP contribution in [0.1, 0.15) is 5.01 Å². The quantitative estimate of drug-likeness (QED) is 0.780. The second-order valence-electron chi connectivity index (χ2n) is 3.63. The van der Waals surface area contributed by atoms with Crippen molar-refractivity contribution in [2.45, 2.75) is 6.54 Å². The van der Waals surface area contributed by atoms with E-state index in [0.717, 1.165) is 15.9 Å². The Balaban J connectivity index is 1.90. The smallest absolute Gasteiger partial charge is 0.299 e. The van der Waals surface area contributed by atoms with Crippen LogP contribution in [-0.2, 0) is 6.54 Å². The first-order chi connectivity index (χ1) is 8.85. The van der Waals surface area contributed by atoms with Gasteiger partial charge in [0.15, 0.2) is 0 Å². The minimum atomic E-state index is 0.372. The maximum Gasteiger partial charge on any atom is 0.299 e. The number of nitrogens with two attached hydrogens (primary N) is 1. The molecule has 0 aliphatic rings. The van der Waals surface area contributed by atoms with E-state index >= 15 is 0 Å². The highest BCUT2D eigenvalue weighted by Gasteiger charge is 2.05. The molecule has 2 heterocycles. The van der Waals surface area contributed by atoms with Crippen molar-refractivity contribution in [1.82, 2.24) is 15.2 Å². The van der Waals surface area contributed by atoms with E-state index in [4.69, 9.17) is 10.5 Å². The van der Waals surface area contributed by atoms with Crippen molar-refractivity contribution < 1.29 is 4.74 Å². The predicted molar refractivity (Wildman–Crippen MR) is 69.6 cm³/mol. The van der Waals surface area contributed by atoms with Crippen molar-refractivity contribution in [3.05, 3.63) is 41.5 Å². The molecule has 2 aromatic heterocycles. The van der Waals surface area contributed by atoms with Crippen molar-refractivity contribution >= 4 is 22.2 Å². The van der Waals surface area contributed by atoms with Gasteiger partial charge in [-0.15, -0.1) is 5.10 Å². The summed E-state index contributed by atoms with van der Waals surface area (Å²) in [5.41, 5.74) is 6.41. The van der Waals surface area contributed by atoms with Crippen molar-refractivity contribution in [2.75, 3.05) is 0 Å². The lowest BCUT2D eigenvalue weighted by Crippen LogP contribution is -1.94. The number of fused-ring (bicyclic) bond motifs is 1. The summed E-state index contributed by atoms with van der Waals surface area (Å²) in [5, 5.41) is 10.0. The molecule has 0 saturated heterocycles. The Kier molecular flexibility index (Phi) is 2.87. The molecule has 90 valence electrons. The van der Waals surface area contributed by atoms with E-state index in [-0.39, 0.29) is 0 Å². The molecule has 0 fully saturated rings. The largest absolute Gasteiger partial charge is 0.428 e. The lowest BCUT2D eigenvalue weighted by Gasteiger charge is -2.02. The molecular weight excluding hydrogens is 248 g/mol. The Hall–Kier alpha value is -2.05. The van der Waals surface area contributed by atoms with Gasteiger partial charge in [-0.25, -0.2) is 0 Å². The number of para-hydroxylation sites is 1. The highest BCUT2D eigenvalue weighted by atomic mass is 32.1. The van der Waals surface area contributed by atoms with Gasteiger partial charge in [-0.05, 0) is 12.1 Å². The number of rotatable bonds is 3. The molecular formula is C12H10N4OS. The van der Waals surface area contributed by atoms with Crippen LogP contribution in [0.3, 0.4) is 0 Å². The molecule has 2 N–H and O–H groups in total. The van der Waals surface area contributed by atoms with Gasteiger partial charge in [0.05, 0.1) is 11.7 Å².